The number of carbonyl (C=O) groups is 1. The van der Waals surface area contributed by atoms with Crippen molar-refractivity contribution in [3.05, 3.63) is 47.5 Å². The third-order valence-electron chi connectivity index (χ3n) is 11.0. The number of hydrogen-bond acceptors (Lipinski definition) is 4. The molecule has 9 unspecified atom stereocenters. The molecule has 1 heterocycles. The van der Waals surface area contributed by atoms with Crippen LogP contribution in [0.2, 0.25) is 0 Å². The maximum Gasteiger partial charge on any atom is 0.323 e. The summed E-state index contributed by atoms with van der Waals surface area (Å²) in [7, 11) is 0. The summed E-state index contributed by atoms with van der Waals surface area (Å²) in [6.45, 7) is 5.79. The summed E-state index contributed by atoms with van der Waals surface area (Å²) < 4.78 is 6.18. The van der Waals surface area contributed by atoms with Crippen molar-refractivity contribution in [3.63, 3.8) is 0 Å². The summed E-state index contributed by atoms with van der Waals surface area (Å²) in [6, 6.07) is 10.0. The van der Waals surface area contributed by atoms with Crippen LogP contribution in [0.4, 0.5) is 0 Å². The number of carbonyl (C=O) groups excluding carboxylic acids is 1. The van der Waals surface area contributed by atoms with Gasteiger partial charge in [-0.05, 0) is 91.9 Å². The van der Waals surface area contributed by atoms with Crippen LogP contribution in [0.15, 0.2) is 42.0 Å². The van der Waals surface area contributed by atoms with Crippen LogP contribution < -0.4 is 5.32 Å². The van der Waals surface area contributed by atoms with E-state index in [-0.39, 0.29) is 35.0 Å². The van der Waals surface area contributed by atoms with Gasteiger partial charge in [0.05, 0.1) is 6.10 Å². The quantitative estimate of drug-likeness (QED) is 0.486. The van der Waals surface area contributed by atoms with Crippen LogP contribution in [-0.4, -0.2) is 35.9 Å². The van der Waals surface area contributed by atoms with Crippen molar-refractivity contribution < 1.29 is 14.6 Å². The lowest BCUT2D eigenvalue weighted by atomic mass is 9.47. The first-order valence-electron chi connectivity index (χ1n) is 13.7. The molecular formula is C30H41NO3. The van der Waals surface area contributed by atoms with Gasteiger partial charge in [-0.15, -0.1) is 0 Å². The monoisotopic (exact) mass is 463 g/mol. The summed E-state index contributed by atoms with van der Waals surface area (Å²) in [6.07, 6.45) is 12.2. The number of fused-ring (bicyclic) bond motifs is 5. The zero-order valence-corrected chi connectivity index (χ0v) is 20.8. The summed E-state index contributed by atoms with van der Waals surface area (Å²) >= 11 is 0. The van der Waals surface area contributed by atoms with Gasteiger partial charge in [-0.2, -0.15) is 0 Å². The smallest absolute Gasteiger partial charge is 0.323 e. The van der Waals surface area contributed by atoms with Crippen LogP contribution in [0.5, 0.6) is 0 Å². The van der Waals surface area contributed by atoms with E-state index in [1.807, 2.05) is 18.2 Å². The number of rotatable bonds is 3. The number of aliphatic hydroxyl groups is 1. The molecule has 1 aromatic rings. The van der Waals surface area contributed by atoms with Crippen molar-refractivity contribution in [2.75, 3.05) is 6.54 Å². The highest BCUT2D eigenvalue weighted by Gasteiger charge is 2.60. The van der Waals surface area contributed by atoms with Gasteiger partial charge in [0.25, 0.3) is 0 Å². The average molecular weight is 464 g/mol. The van der Waals surface area contributed by atoms with Crippen LogP contribution in [-0.2, 0) is 16.0 Å². The third-order valence-corrected chi connectivity index (χ3v) is 11.0. The molecule has 1 aliphatic heterocycles. The molecule has 4 nitrogen and oxygen atoms in total. The Morgan fingerprint density at radius 3 is 2.62 bits per heavy atom. The van der Waals surface area contributed by atoms with Gasteiger partial charge >= 0.3 is 5.97 Å². The number of cyclic esters (lactones) is 1. The zero-order valence-electron chi connectivity index (χ0n) is 20.8. The van der Waals surface area contributed by atoms with Crippen molar-refractivity contribution in [3.8, 4) is 0 Å². The Bertz CT molecular complexity index is 959. The van der Waals surface area contributed by atoms with Crippen LogP contribution in [0.1, 0.15) is 70.8 Å². The normalized spacial score (nSPS) is 46.0. The molecule has 1 saturated heterocycles. The number of aliphatic hydroxyl groups excluding tert-OH is 1. The topological polar surface area (TPSA) is 58.6 Å². The second-order valence-electron chi connectivity index (χ2n) is 12.5. The lowest BCUT2D eigenvalue weighted by Crippen LogP contribution is -2.56. The fourth-order valence-corrected chi connectivity index (χ4v) is 9.14. The van der Waals surface area contributed by atoms with Crippen LogP contribution in [0.25, 0.3) is 0 Å². The molecular weight excluding hydrogens is 422 g/mol. The Kier molecular flexibility index (Phi) is 5.69. The third kappa shape index (κ3) is 3.59. The number of benzene rings is 1. The van der Waals surface area contributed by atoms with E-state index in [0.717, 1.165) is 43.6 Å². The number of morpholine rings is 1. The molecule has 3 saturated carbocycles. The standard InChI is InChI=1S/C30H41NO3/c1-29-14-12-21(32)17-20(29)8-9-22-23-10-11-25(30(23,2)15-13-24(22)29)27-18-31-26(28(33)34-27)16-19-6-4-3-5-7-19/h3-8,21-27,31-32H,9-18H2,1-2H3. The maximum absolute atomic E-state index is 13.0. The Morgan fingerprint density at radius 2 is 1.82 bits per heavy atom. The highest BCUT2D eigenvalue weighted by atomic mass is 16.5. The molecule has 0 bridgehead atoms. The van der Waals surface area contributed by atoms with Gasteiger partial charge in [0.2, 0.25) is 0 Å². The van der Waals surface area contributed by atoms with E-state index >= 15 is 0 Å². The Labute approximate surface area is 204 Å². The largest absolute Gasteiger partial charge is 0.460 e. The van der Waals surface area contributed by atoms with Crippen molar-refractivity contribution in [2.24, 2.45) is 34.5 Å². The number of ether oxygens (including phenoxy) is 1. The molecule has 2 N–H and O–H groups in total. The maximum atomic E-state index is 13.0. The highest BCUT2D eigenvalue weighted by Crippen LogP contribution is 2.66. The summed E-state index contributed by atoms with van der Waals surface area (Å²) in [5.74, 6) is 2.60. The van der Waals surface area contributed by atoms with E-state index in [2.05, 4.69) is 37.4 Å². The van der Waals surface area contributed by atoms with Gasteiger partial charge < -0.3 is 15.2 Å². The molecule has 9 atom stereocenters. The number of nitrogens with one attached hydrogen (secondary N) is 1. The predicted molar refractivity (Wildman–Crippen MR) is 133 cm³/mol. The van der Waals surface area contributed by atoms with E-state index in [1.165, 1.54) is 37.7 Å². The number of esters is 1. The molecule has 6 rings (SSSR count). The minimum absolute atomic E-state index is 0.00109. The predicted octanol–water partition coefficient (Wildman–Crippen LogP) is 5.05. The molecule has 0 amide bonds. The molecule has 0 spiro atoms. The minimum Gasteiger partial charge on any atom is -0.460 e. The Balaban J connectivity index is 1.16. The van der Waals surface area contributed by atoms with Crippen LogP contribution in [0, 0.1) is 34.5 Å². The van der Waals surface area contributed by atoms with Crippen molar-refractivity contribution in [1.82, 2.24) is 5.32 Å². The molecule has 34 heavy (non-hydrogen) atoms. The van der Waals surface area contributed by atoms with Crippen LogP contribution >= 0.6 is 0 Å². The fourth-order valence-electron chi connectivity index (χ4n) is 9.14. The average Bonchev–Trinajstić information content (AvgIpc) is 3.19. The first-order valence-corrected chi connectivity index (χ1v) is 13.7. The van der Waals surface area contributed by atoms with Gasteiger partial charge in [0, 0.05) is 12.5 Å². The molecule has 0 aromatic heterocycles. The van der Waals surface area contributed by atoms with Crippen molar-refractivity contribution in [1.29, 1.82) is 0 Å². The van der Waals surface area contributed by atoms with Gasteiger partial charge in [-0.1, -0.05) is 55.8 Å². The summed E-state index contributed by atoms with van der Waals surface area (Å²) in [5.41, 5.74) is 3.26. The van der Waals surface area contributed by atoms with Gasteiger partial charge in [0.15, 0.2) is 0 Å². The second-order valence-corrected chi connectivity index (χ2v) is 12.5. The molecule has 1 aromatic carbocycles. The lowest BCUT2D eigenvalue weighted by molar-refractivity contribution is -0.164. The van der Waals surface area contributed by atoms with Crippen LogP contribution in [0.3, 0.4) is 0 Å². The van der Waals surface area contributed by atoms with Gasteiger partial charge in [0.1, 0.15) is 12.1 Å². The Hall–Kier alpha value is -1.65. The van der Waals surface area contributed by atoms with Crippen molar-refractivity contribution >= 4 is 5.97 Å². The molecule has 4 heteroatoms. The first kappa shape index (κ1) is 22.8. The van der Waals surface area contributed by atoms with E-state index in [9.17, 15) is 9.90 Å². The number of allylic oxidation sites excluding steroid dienone is 1. The first-order chi connectivity index (χ1) is 16.4. The summed E-state index contributed by atoms with van der Waals surface area (Å²) in [4.78, 5) is 13.0. The lowest BCUT2D eigenvalue weighted by Gasteiger charge is -2.58. The molecule has 4 fully saturated rings. The summed E-state index contributed by atoms with van der Waals surface area (Å²) in [5, 5.41) is 13.8. The second kappa shape index (κ2) is 8.48. The van der Waals surface area contributed by atoms with E-state index in [1.54, 1.807) is 5.57 Å². The number of hydrogen-bond donors (Lipinski definition) is 2. The van der Waals surface area contributed by atoms with Gasteiger partial charge in [-0.25, -0.2) is 0 Å². The minimum atomic E-state index is -0.233. The Morgan fingerprint density at radius 1 is 1.03 bits per heavy atom. The molecule has 4 aliphatic carbocycles. The highest BCUT2D eigenvalue weighted by molar-refractivity contribution is 5.77. The van der Waals surface area contributed by atoms with E-state index in [4.69, 9.17) is 4.74 Å². The van der Waals surface area contributed by atoms with E-state index in [0.29, 0.717) is 12.3 Å². The molecule has 0 radical (unpaired) electrons. The SMILES string of the molecule is CC12CCC(O)CC1=CCC1C2CCC2(C)C(C3CNC(Cc4ccccc4)C(=O)O3)CCC12. The molecule has 184 valence electrons. The van der Waals surface area contributed by atoms with Gasteiger partial charge in [-0.3, -0.25) is 4.79 Å². The fraction of sp³-hybridized carbons (Fsp3) is 0.700. The van der Waals surface area contributed by atoms with Crippen molar-refractivity contribution in [2.45, 2.75) is 89.9 Å². The zero-order chi connectivity index (χ0) is 23.5. The van der Waals surface area contributed by atoms with E-state index < -0.39 is 0 Å². The molecule has 5 aliphatic rings.